The van der Waals surface area contributed by atoms with Gasteiger partial charge in [-0.25, -0.2) is 0 Å². The van der Waals surface area contributed by atoms with E-state index in [4.69, 9.17) is 0 Å². The van der Waals surface area contributed by atoms with E-state index in [2.05, 4.69) is 43.7 Å². The summed E-state index contributed by atoms with van der Waals surface area (Å²) in [5, 5.41) is 1.22. The number of hydrogen-bond donors (Lipinski definition) is 0. The Labute approximate surface area is 120 Å². The molecule has 1 aromatic carbocycles. The van der Waals surface area contributed by atoms with Gasteiger partial charge in [0.25, 0.3) is 0 Å². The number of fused-ring (bicyclic) bond motifs is 2. The zero-order valence-corrected chi connectivity index (χ0v) is 13.1. The molecule has 1 aliphatic rings. The van der Waals surface area contributed by atoms with E-state index in [1.807, 2.05) is 20.9 Å². The lowest BCUT2D eigenvalue weighted by Gasteiger charge is -2.16. The molecule has 106 valence electrons. The Hall–Kier alpha value is -1.77. The highest BCUT2D eigenvalue weighted by Gasteiger charge is 2.42. The van der Waals surface area contributed by atoms with Crippen molar-refractivity contribution in [3.8, 4) is 0 Å². The van der Waals surface area contributed by atoms with Gasteiger partial charge in [0.1, 0.15) is 0 Å². The molecule has 0 saturated heterocycles. The van der Waals surface area contributed by atoms with Crippen molar-refractivity contribution in [1.82, 2.24) is 4.57 Å². The van der Waals surface area contributed by atoms with Crippen LogP contribution in [0.1, 0.15) is 44.9 Å². The minimum atomic E-state index is -0.430. The number of benzene rings is 1. The van der Waals surface area contributed by atoms with E-state index < -0.39 is 5.41 Å². The molecule has 0 saturated carbocycles. The van der Waals surface area contributed by atoms with Gasteiger partial charge in [0.2, 0.25) is 5.91 Å². The third-order valence-electron chi connectivity index (χ3n) is 4.66. The number of nitrogens with zero attached hydrogens (tertiary/aromatic N) is 2. The van der Waals surface area contributed by atoms with Crippen LogP contribution in [0.15, 0.2) is 18.2 Å². The maximum absolute atomic E-state index is 12.4. The third-order valence-corrected chi connectivity index (χ3v) is 4.66. The lowest BCUT2D eigenvalue weighted by Crippen LogP contribution is -2.33. The number of carbonyl (C=O) groups is 1. The monoisotopic (exact) mass is 270 g/mol. The first kappa shape index (κ1) is 13.2. The van der Waals surface area contributed by atoms with Gasteiger partial charge >= 0.3 is 0 Å². The maximum Gasteiger partial charge on any atom is 0.236 e. The first-order valence-corrected chi connectivity index (χ1v) is 7.17. The van der Waals surface area contributed by atoms with Gasteiger partial charge < -0.3 is 9.47 Å². The second-order valence-electron chi connectivity index (χ2n) is 6.70. The van der Waals surface area contributed by atoms with Crippen LogP contribution >= 0.6 is 0 Å². The van der Waals surface area contributed by atoms with Crippen LogP contribution in [-0.4, -0.2) is 17.5 Å². The summed E-state index contributed by atoms with van der Waals surface area (Å²) < 4.78 is 2.25. The van der Waals surface area contributed by atoms with Crippen LogP contribution in [0.4, 0.5) is 5.69 Å². The van der Waals surface area contributed by atoms with E-state index in [0.29, 0.717) is 5.92 Å². The number of likely N-dealkylation sites (N-methyl/N-ethyl adjacent to an activating group) is 1. The molecule has 0 spiro atoms. The smallest absolute Gasteiger partial charge is 0.236 e. The first-order valence-electron chi connectivity index (χ1n) is 7.17. The van der Waals surface area contributed by atoms with Crippen molar-refractivity contribution < 1.29 is 4.79 Å². The normalized spacial score (nSPS) is 17.4. The Bertz CT molecular complexity index is 722. The van der Waals surface area contributed by atoms with Gasteiger partial charge in [-0.3, -0.25) is 4.79 Å². The van der Waals surface area contributed by atoms with Crippen molar-refractivity contribution in [3.05, 3.63) is 29.5 Å². The molecule has 0 N–H and O–H groups in total. The summed E-state index contributed by atoms with van der Waals surface area (Å²) in [5.41, 5.74) is 4.29. The quantitative estimate of drug-likeness (QED) is 0.778. The van der Waals surface area contributed by atoms with Crippen molar-refractivity contribution in [2.45, 2.75) is 39.0 Å². The molecule has 3 nitrogen and oxygen atoms in total. The van der Waals surface area contributed by atoms with Gasteiger partial charge in [-0.05, 0) is 43.5 Å². The molecule has 0 atom stereocenters. The highest BCUT2D eigenvalue weighted by Crippen LogP contribution is 2.43. The second kappa shape index (κ2) is 3.87. The van der Waals surface area contributed by atoms with Gasteiger partial charge in [0.15, 0.2) is 0 Å². The van der Waals surface area contributed by atoms with Crippen molar-refractivity contribution in [2.75, 3.05) is 11.9 Å². The number of amides is 1. The molecule has 1 aliphatic heterocycles. The molecular formula is C17H22N2O. The van der Waals surface area contributed by atoms with E-state index in [-0.39, 0.29) is 5.91 Å². The fourth-order valence-corrected chi connectivity index (χ4v) is 3.37. The summed E-state index contributed by atoms with van der Waals surface area (Å²) >= 11 is 0. The molecule has 0 aliphatic carbocycles. The van der Waals surface area contributed by atoms with Gasteiger partial charge in [-0.1, -0.05) is 13.8 Å². The Kier molecular flexibility index (Phi) is 2.56. The van der Waals surface area contributed by atoms with Crippen LogP contribution in [0.5, 0.6) is 0 Å². The van der Waals surface area contributed by atoms with Crippen molar-refractivity contribution in [1.29, 1.82) is 0 Å². The zero-order chi connectivity index (χ0) is 14.8. The van der Waals surface area contributed by atoms with Crippen molar-refractivity contribution in [2.24, 2.45) is 7.05 Å². The molecule has 3 heteroatoms. The van der Waals surface area contributed by atoms with Gasteiger partial charge in [-0.15, -0.1) is 0 Å². The maximum atomic E-state index is 12.4. The van der Waals surface area contributed by atoms with Gasteiger partial charge in [0.05, 0.1) is 5.41 Å². The summed E-state index contributed by atoms with van der Waals surface area (Å²) in [6, 6.07) is 6.59. The van der Waals surface area contributed by atoms with E-state index in [9.17, 15) is 4.79 Å². The minimum absolute atomic E-state index is 0.173. The van der Waals surface area contributed by atoms with E-state index in [1.165, 1.54) is 16.6 Å². The molecule has 20 heavy (non-hydrogen) atoms. The van der Waals surface area contributed by atoms with E-state index in [1.54, 1.807) is 4.90 Å². The molecular weight excluding hydrogens is 248 g/mol. The van der Waals surface area contributed by atoms with Gasteiger partial charge in [-0.2, -0.15) is 0 Å². The molecule has 2 aromatic rings. The molecule has 3 rings (SSSR count). The highest BCUT2D eigenvalue weighted by molar-refractivity contribution is 6.09. The van der Waals surface area contributed by atoms with Crippen molar-refractivity contribution in [3.63, 3.8) is 0 Å². The second-order valence-corrected chi connectivity index (χ2v) is 6.70. The zero-order valence-electron chi connectivity index (χ0n) is 13.1. The van der Waals surface area contributed by atoms with Crippen LogP contribution in [0.3, 0.4) is 0 Å². The largest absolute Gasteiger partial charge is 0.347 e. The number of carbonyl (C=O) groups excluding carboxylic acids is 1. The number of anilines is 1. The standard InChI is InChI=1S/C17H22N2O/c1-10(2)13-7-11-8-15-12(9-14(11)18(13)5)17(3,4)16(20)19(15)6/h7-10H,1-6H3. The van der Waals surface area contributed by atoms with E-state index >= 15 is 0 Å². The van der Waals surface area contributed by atoms with Crippen LogP contribution in [0.2, 0.25) is 0 Å². The molecule has 1 aromatic heterocycles. The molecule has 2 heterocycles. The fraction of sp³-hybridized carbons (Fsp3) is 0.471. The lowest BCUT2D eigenvalue weighted by molar-refractivity contribution is -0.121. The van der Waals surface area contributed by atoms with E-state index in [0.717, 1.165) is 11.3 Å². The first-order chi connectivity index (χ1) is 9.25. The number of aromatic nitrogens is 1. The summed E-state index contributed by atoms with van der Waals surface area (Å²) in [7, 11) is 3.98. The Morgan fingerprint density at radius 1 is 1.10 bits per heavy atom. The summed E-state index contributed by atoms with van der Waals surface area (Å²) in [6.07, 6.45) is 0. The average Bonchev–Trinajstić information content (AvgIpc) is 2.79. The summed E-state index contributed by atoms with van der Waals surface area (Å²) in [5.74, 6) is 0.668. The van der Waals surface area contributed by atoms with Crippen LogP contribution in [0, 0.1) is 0 Å². The highest BCUT2D eigenvalue weighted by atomic mass is 16.2. The van der Waals surface area contributed by atoms with Crippen LogP contribution < -0.4 is 4.90 Å². The molecule has 0 bridgehead atoms. The Morgan fingerprint density at radius 3 is 2.35 bits per heavy atom. The van der Waals surface area contributed by atoms with Crippen LogP contribution in [0.25, 0.3) is 10.9 Å². The summed E-state index contributed by atoms with van der Waals surface area (Å²) in [4.78, 5) is 14.2. The SMILES string of the molecule is CC(C)c1cc2cc3c(cc2n1C)C(C)(C)C(=O)N3C. The molecule has 0 unspecified atom stereocenters. The molecule has 0 radical (unpaired) electrons. The van der Waals surface area contributed by atoms with Crippen molar-refractivity contribution >= 4 is 22.5 Å². The fourth-order valence-electron chi connectivity index (χ4n) is 3.37. The topological polar surface area (TPSA) is 25.2 Å². The minimum Gasteiger partial charge on any atom is -0.347 e. The van der Waals surface area contributed by atoms with Crippen LogP contribution in [-0.2, 0) is 17.3 Å². The predicted molar refractivity (Wildman–Crippen MR) is 83.4 cm³/mol. The lowest BCUT2D eigenvalue weighted by atomic mass is 9.86. The number of hydrogen-bond acceptors (Lipinski definition) is 1. The predicted octanol–water partition coefficient (Wildman–Crippen LogP) is 3.56. The van der Waals surface area contributed by atoms with Gasteiger partial charge in [0, 0.05) is 36.4 Å². The molecule has 0 fully saturated rings. The average molecular weight is 270 g/mol. The Balaban J connectivity index is 2.33. The number of aryl methyl sites for hydroxylation is 1. The third kappa shape index (κ3) is 1.49. The number of rotatable bonds is 1. The molecule has 1 amide bonds. The summed E-state index contributed by atoms with van der Waals surface area (Å²) in [6.45, 7) is 8.44. The Morgan fingerprint density at radius 2 is 1.75 bits per heavy atom.